The third-order valence-corrected chi connectivity index (χ3v) is 3.18. The fourth-order valence-corrected chi connectivity index (χ4v) is 2.13. The van der Waals surface area contributed by atoms with Crippen molar-refractivity contribution in [1.29, 1.82) is 5.26 Å². The summed E-state index contributed by atoms with van der Waals surface area (Å²) in [7, 11) is 0. The molecule has 0 aliphatic heterocycles. The van der Waals surface area contributed by atoms with Gasteiger partial charge in [-0.2, -0.15) is 5.26 Å². The number of nitrogens with one attached hydrogen (secondary N) is 1. The van der Waals surface area contributed by atoms with Crippen LogP contribution in [0.3, 0.4) is 0 Å². The van der Waals surface area contributed by atoms with Crippen molar-refractivity contribution in [3.63, 3.8) is 0 Å². The second kappa shape index (κ2) is 7.03. The minimum absolute atomic E-state index is 0.116. The second-order valence-corrected chi connectivity index (χ2v) is 5.07. The van der Waals surface area contributed by atoms with Crippen LogP contribution in [0.2, 0.25) is 10.2 Å². The Morgan fingerprint density at radius 1 is 1.32 bits per heavy atom. The van der Waals surface area contributed by atoms with Crippen molar-refractivity contribution >= 4 is 34.9 Å². The average molecular weight is 333 g/mol. The Hall–Kier alpha value is -2.42. The summed E-state index contributed by atoms with van der Waals surface area (Å²) in [4.78, 5) is 20.3. The summed E-state index contributed by atoms with van der Waals surface area (Å²) in [5.74, 6) is -0.288. The number of aryl methyl sites for hydroxylation is 1. The van der Waals surface area contributed by atoms with Gasteiger partial charge in [-0.25, -0.2) is 9.97 Å². The van der Waals surface area contributed by atoms with Crippen LogP contribution in [0.1, 0.15) is 16.1 Å². The van der Waals surface area contributed by atoms with Crippen molar-refractivity contribution in [3.05, 3.63) is 63.5 Å². The molecular formula is C15H10Cl2N4O. The SMILES string of the molecule is Cc1cc(Cl)nc(N/C=C(/C#N)C(=O)c2ccccc2Cl)n1. The maximum absolute atomic E-state index is 12.3. The molecule has 0 aliphatic carbocycles. The number of hydrogen-bond acceptors (Lipinski definition) is 5. The molecule has 0 saturated carbocycles. The number of halogens is 2. The Balaban J connectivity index is 2.26. The highest BCUT2D eigenvalue weighted by molar-refractivity contribution is 6.35. The molecule has 1 heterocycles. The molecule has 1 N–H and O–H groups in total. The van der Waals surface area contributed by atoms with Crippen LogP contribution in [-0.2, 0) is 0 Å². The van der Waals surface area contributed by atoms with Crippen LogP contribution in [0.25, 0.3) is 0 Å². The zero-order chi connectivity index (χ0) is 16.1. The minimum Gasteiger partial charge on any atom is -0.329 e. The number of nitriles is 1. The van der Waals surface area contributed by atoms with Crippen LogP contribution < -0.4 is 5.32 Å². The normalized spacial score (nSPS) is 10.9. The number of carbonyl (C=O) groups is 1. The molecule has 0 fully saturated rings. The monoisotopic (exact) mass is 332 g/mol. The maximum Gasteiger partial charge on any atom is 0.228 e. The topological polar surface area (TPSA) is 78.7 Å². The van der Waals surface area contributed by atoms with Crippen LogP contribution in [0.4, 0.5) is 5.95 Å². The molecule has 0 radical (unpaired) electrons. The van der Waals surface area contributed by atoms with Crippen LogP contribution in [0, 0.1) is 18.3 Å². The molecule has 0 atom stereocenters. The predicted molar refractivity (Wildman–Crippen MR) is 84.9 cm³/mol. The molecule has 22 heavy (non-hydrogen) atoms. The molecule has 2 aromatic rings. The Morgan fingerprint density at radius 3 is 2.68 bits per heavy atom. The quantitative estimate of drug-likeness (QED) is 0.398. The Morgan fingerprint density at radius 2 is 2.05 bits per heavy atom. The standard InChI is InChI=1S/C15H10Cl2N4O/c1-9-6-13(17)21-15(20-9)19-8-10(7-18)14(22)11-4-2-3-5-12(11)16/h2-6,8H,1H3,(H,19,20,21)/b10-8-. The van der Waals surface area contributed by atoms with Crippen molar-refractivity contribution in [1.82, 2.24) is 9.97 Å². The maximum atomic E-state index is 12.3. The van der Waals surface area contributed by atoms with E-state index in [1.165, 1.54) is 6.20 Å². The van der Waals surface area contributed by atoms with Crippen LogP contribution >= 0.6 is 23.2 Å². The lowest BCUT2D eigenvalue weighted by Gasteiger charge is -2.04. The lowest BCUT2D eigenvalue weighted by Crippen LogP contribution is -2.06. The molecule has 0 amide bonds. The van der Waals surface area contributed by atoms with E-state index in [-0.39, 0.29) is 27.3 Å². The van der Waals surface area contributed by atoms with Gasteiger partial charge < -0.3 is 5.32 Å². The number of hydrogen-bond donors (Lipinski definition) is 1. The van der Waals surface area contributed by atoms with E-state index in [1.807, 2.05) is 6.07 Å². The zero-order valence-electron chi connectivity index (χ0n) is 11.5. The Labute approximate surface area is 137 Å². The lowest BCUT2D eigenvalue weighted by atomic mass is 10.1. The predicted octanol–water partition coefficient (Wildman–Crippen LogP) is 3.79. The van der Waals surface area contributed by atoms with E-state index >= 15 is 0 Å². The van der Waals surface area contributed by atoms with Gasteiger partial charge in [-0.15, -0.1) is 0 Å². The molecule has 0 bridgehead atoms. The van der Waals surface area contributed by atoms with E-state index in [9.17, 15) is 4.79 Å². The first-order valence-corrected chi connectivity index (χ1v) is 6.94. The van der Waals surface area contributed by atoms with Gasteiger partial charge in [0.15, 0.2) is 0 Å². The van der Waals surface area contributed by atoms with Crippen molar-refractivity contribution in [3.8, 4) is 6.07 Å². The van der Waals surface area contributed by atoms with E-state index in [1.54, 1.807) is 37.3 Å². The summed E-state index contributed by atoms with van der Waals surface area (Å²) in [5, 5.41) is 12.4. The molecule has 110 valence electrons. The van der Waals surface area contributed by atoms with Gasteiger partial charge in [0.05, 0.1) is 5.02 Å². The van der Waals surface area contributed by atoms with Gasteiger partial charge in [0.2, 0.25) is 11.7 Å². The van der Waals surface area contributed by atoms with Crippen LogP contribution in [0.15, 0.2) is 42.1 Å². The van der Waals surface area contributed by atoms with Crippen molar-refractivity contribution in [2.75, 3.05) is 5.32 Å². The largest absolute Gasteiger partial charge is 0.329 e. The third kappa shape index (κ3) is 3.82. The third-order valence-electron chi connectivity index (χ3n) is 2.65. The Bertz CT molecular complexity index is 776. The number of allylic oxidation sites excluding steroid dienone is 1. The zero-order valence-corrected chi connectivity index (χ0v) is 13.0. The molecule has 0 spiro atoms. The van der Waals surface area contributed by atoms with Crippen molar-refractivity contribution < 1.29 is 4.79 Å². The van der Waals surface area contributed by atoms with E-state index in [0.717, 1.165) is 0 Å². The minimum atomic E-state index is -0.487. The van der Waals surface area contributed by atoms with Gasteiger partial charge in [0.25, 0.3) is 0 Å². The van der Waals surface area contributed by atoms with Gasteiger partial charge in [0.1, 0.15) is 16.8 Å². The number of rotatable bonds is 4. The molecule has 2 rings (SSSR count). The fraction of sp³-hybridized carbons (Fsp3) is 0.0667. The summed E-state index contributed by atoms with van der Waals surface area (Å²) in [6.45, 7) is 1.75. The summed E-state index contributed by atoms with van der Waals surface area (Å²) < 4.78 is 0. The summed E-state index contributed by atoms with van der Waals surface area (Å²) in [5.41, 5.74) is 0.795. The first-order chi connectivity index (χ1) is 10.5. The Kier molecular flexibility index (Phi) is 5.10. The molecular weight excluding hydrogens is 323 g/mol. The summed E-state index contributed by atoms with van der Waals surface area (Å²) in [6.07, 6.45) is 1.23. The molecule has 0 aliphatic rings. The second-order valence-electron chi connectivity index (χ2n) is 4.28. The summed E-state index contributed by atoms with van der Waals surface area (Å²) >= 11 is 11.8. The number of carbonyl (C=O) groups excluding carboxylic acids is 1. The van der Waals surface area contributed by atoms with E-state index in [2.05, 4.69) is 15.3 Å². The van der Waals surface area contributed by atoms with Gasteiger partial charge >= 0.3 is 0 Å². The number of Topliss-reactive ketones (excluding diaryl/α,β-unsaturated/α-hetero) is 1. The average Bonchev–Trinajstić information content (AvgIpc) is 2.47. The van der Waals surface area contributed by atoms with Crippen LogP contribution in [0.5, 0.6) is 0 Å². The molecule has 7 heteroatoms. The molecule has 1 aromatic carbocycles. The smallest absolute Gasteiger partial charge is 0.228 e. The molecule has 1 aromatic heterocycles. The van der Waals surface area contributed by atoms with Crippen molar-refractivity contribution in [2.24, 2.45) is 0 Å². The van der Waals surface area contributed by atoms with Crippen molar-refractivity contribution in [2.45, 2.75) is 6.92 Å². The van der Waals surface area contributed by atoms with Gasteiger partial charge in [-0.1, -0.05) is 35.3 Å². The van der Waals surface area contributed by atoms with Gasteiger partial charge in [-0.05, 0) is 25.1 Å². The molecule has 0 saturated heterocycles. The summed E-state index contributed by atoms with van der Waals surface area (Å²) in [6, 6.07) is 9.93. The van der Waals surface area contributed by atoms with E-state index < -0.39 is 5.78 Å². The van der Waals surface area contributed by atoms with Crippen LogP contribution in [-0.4, -0.2) is 15.8 Å². The molecule has 0 unspecified atom stereocenters. The van der Waals surface area contributed by atoms with E-state index in [4.69, 9.17) is 28.5 Å². The first kappa shape index (κ1) is 16.0. The number of nitrogens with zero attached hydrogens (tertiary/aromatic N) is 3. The highest BCUT2D eigenvalue weighted by Crippen LogP contribution is 2.18. The van der Waals surface area contributed by atoms with E-state index in [0.29, 0.717) is 5.69 Å². The van der Waals surface area contributed by atoms with Gasteiger partial charge in [0, 0.05) is 17.5 Å². The number of aromatic nitrogens is 2. The van der Waals surface area contributed by atoms with Gasteiger partial charge in [-0.3, -0.25) is 4.79 Å². The lowest BCUT2D eigenvalue weighted by molar-refractivity contribution is 0.103. The first-order valence-electron chi connectivity index (χ1n) is 6.18. The molecule has 5 nitrogen and oxygen atoms in total. The fourth-order valence-electron chi connectivity index (χ4n) is 1.67. The highest BCUT2D eigenvalue weighted by atomic mass is 35.5. The number of anilines is 1. The number of benzene rings is 1. The highest BCUT2D eigenvalue weighted by Gasteiger charge is 2.15. The number of ketones is 1.